The molecule has 1 aromatic rings. The van der Waals surface area contributed by atoms with E-state index in [0.717, 1.165) is 6.42 Å². The molecule has 22 heavy (non-hydrogen) atoms. The van der Waals surface area contributed by atoms with Gasteiger partial charge in [-0.2, -0.15) is 8.78 Å². The van der Waals surface area contributed by atoms with Crippen LogP contribution >= 0.6 is 0 Å². The molecule has 0 saturated heterocycles. The third-order valence-electron chi connectivity index (χ3n) is 3.35. The molecule has 2 atom stereocenters. The highest BCUT2D eigenvalue weighted by atomic mass is 19.3. The van der Waals surface area contributed by atoms with Gasteiger partial charge in [-0.3, -0.25) is 0 Å². The molecule has 0 aliphatic rings. The van der Waals surface area contributed by atoms with E-state index in [1.54, 1.807) is 12.1 Å². The van der Waals surface area contributed by atoms with Crippen molar-refractivity contribution >= 4 is 6.03 Å². The minimum atomic E-state index is -2.88. The van der Waals surface area contributed by atoms with Crippen molar-refractivity contribution in [1.29, 1.82) is 0 Å². The monoisotopic (exact) mass is 316 g/mol. The number of aliphatic hydroxyl groups excluding tert-OH is 1. The predicted octanol–water partition coefficient (Wildman–Crippen LogP) is 2.49. The number of hydrogen-bond donors (Lipinski definition) is 3. The average Bonchev–Trinajstić information content (AvgIpc) is 2.49. The Bertz CT molecular complexity index is 472. The number of amides is 2. The summed E-state index contributed by atoms with van der Waals surface area (Å²) in [5, 5.41) is 14.9. The van der Waals surface area contributed by atoms with E-state index in [1.807, 2.05) is 13.8 Å². The first-order valence-electron chi connectivity index (χ1n) is 7.15. The van der Waals surface area contributed by atoms with Crippen LogP contribution in [0.3, 0.4) is 0 Å². The lowest BCUT2D eigenvalue weighted by atomic mass is 10.0. The quantitative estimate of drug-likeness (QED) is 0.690. The Kier molecular flexibility index (Phi) is 7.59. The summed E-state index contributed by atoms with van der Waals surface area (Å²) in [6.07, 6.45) is 0.222. The first-order chi connectivity index (χ1) is 10.4. The van der Waals surface area contributed by atoms with Crippen LogP contribution in [-0.4, -0.2) is 30.4 Å². The van der Waals surface area contributed by atoms with Crippen LogP contribution in [-0.2, 0) is 6.54 Å². The molecular weight excluding hydrogens is 294 g/mol. The number of urea groups is 1. The first kappa shape index (κ1) is 18.2. The predicted molar refractivity (Wildman–Crippen MR) is 78.8 cm³/mol. The Hall–Kier alpha value is -1.89. The number of carbonyl (C=O) groups is 1. The molecule has 3 N–H and O–H groups in total. The Morgan fingerprint density at radius 2 is 2.09 bits per heavy atom. The van der Waals surface area contributed by atoms with Crippen LogP contribution in [0.1, 0.15) is 25.8 Å². The van der Waals surface area contributed by atoms with Crippen LogP contribution in [0.15, 0.2) is 24.3 Å². The second-order valence-electron chi connectivity index (χ2n) is 5.04. The van der Waals surface area contributed by atoms with Gasteiger partial charge in [0, 0.05) is 13.1 Å². The van der Waals surface area contributed by atoms with Gasteiger partial charge in [-0.25, -0.2) is 4.79 Å². The molecule has 0 aliphatic carbocycles. The lowest BCUT2D eigenvalue weighted by molar-refractivity contribution is -0.0498. The number of hydrogen-bond acceptors (Lipinski definition) is 3. The molecule has 1 aromatic carbocycles. The zero-order valence-electron chi connectivity index (χ0n) is 12.7. The third-order valence-corrected chi connectivity index (χ3v) is 3.35. The molecule has 0 bridgehead atoms. The van der Waals surface area contributed by atoms with E-state index in [2.05, 4.69) is 15.4 Å². The Labute approximate surface area is 128 Å². The van der Waals surface area contributed by atoms with Crippen molar-refractivity contribution in [2.75, 3.05) is 6.54 Å². The smallest absolute Gasteiger partial charge is 0.387 e. The largest absolute Gasteiger partial charge is 0.435 e. The standard InChI is InChI=1S/C15H22F2N2O3/c1-3-10(2)13(20)9-19-15(21)18-8-11-5-4-6-12(7-11)22-14(16)17/h4-7,10,13-14,20H,3,8-9H2,1-2H3,(H2,18,19,21). The first-order valence-corrected chi connectivity index (χ1v) is 7.15. The molecular formula is C15H22F2N2O3. The van der Waals surface area contributed by atoms with Crippen LogP contribution in [0.5, 0.6) is 5.75 Å². The van der Waals surface area contributed by atoms with Gasteiger partial charge in [0.15, 0.2) is 0 Å². The van der Waals surface area contributed by atoms with Gasteiger partial charge in [-0.15, -0.1) is 0 Å². The summed E-state index contributed by atoms with van der Waals surface area (Å²) in [6, 6.07) is 5.67. The molecule has 2 amide bonds. The normalized spacial score (nSPS) is 13.5. The molecule has 0 saturated carbocycles. The summed E-state index contributed by atoms with van der Waals surface area (Å²) in [7, 11) is 0. The van der Waals surface area contributed by atoms with Gasteiger partial charge in [0.05, 0.1) is 6.10 Å². The van der Waals surface area contributed by atoms with E-state index < -0.39 is 18.7 Å². The van der Waals surface area contributed by atoms with Crippen molar-refractivity contribution in [3.8, 4) is 5.75 Å². The van der Waals surface area contributed by atoms with Gasteiger partial charge in [-0.1, -0.05) is 32.4 Å². The fourth-order valence-electron chi connectivity index (χ4n) is 1.75. The van der Waals surface area contributed by atoms with Gasteiger partial charge < -0.3 is 20.5 Å². The molecule has 1 rings (SSSR count). The fourth-order valence-corrected chi connectivity index (χ4v) is 1.75. The summed E-state index contributed by atoms with van der Waals surface area (Å²) < 4.78 is 28.5. The van der Waals surface area contributed by atoms with E-state index in [0.29, 0.717) is 5.56 Å². The number of alkyl halides is 2. The number of benzene rings is 1. The SMILES string of the molecule is CCC(C)C(O)CNC(=O)NCc1cccc(OC(F)F)c1. The van der Waals surface area contributed by atoms with Crippen molar-refractivity contribution in [2.24, 2.45) is 5.92 Å². The van der Waals surface area contributed by atoms with E-state index in [1.165, 1.54) is 12.1 Å². The van der Waals surface area contributed by atoms with Crippen LogP contribution < -0.4 is 15.4 Å². The van der Waals surface area contributed by atoms with Crippen LogP contribution in [0.4, 0.5) is 13.6 Å². The second-order valence-corrected chi connectivity index (χ2v) is 5.04. The molecule has 0 radical (unpaired) electrons. The van der Waals surface area contributed by atoms with Crippen LogP contribution in [0.2, 0.25) is 0 Å². The Morgan fingerprint density at radius 1 is 1.36 bits per heavy atom. The highest BCUT2D eigenvalue weighted by Crippen LogP contribution is 2.15. The highest BCUT2D eigenvalue weighted by Gasteiger charge is 2.13. The summed E-state index contributed by atoms with van der Waals surface area (Å²) in [6.45, 7) is 1.32. The van der Waals surface area contributed by atoms with Crippen molar-refractivity contribution in [3.05, 3.63) is 29.8 Å². The second kappa shape index (κ2) is 9.19. The van der Waals surface area contributed by atoms with Crippen molar-refractivity contribution in [1.82, 2.24) is 10.6 Å². The van der Waals surface area contributed by atoms with E-state index in [9.17, 15) is 18.7 Å². The molecule has 0 aliphatic heterocycles. The van der Waals surface area contributed by atoms with Crippen molar-refractivity contribution < 1.29 is 23.4 Å². The van der Waals surface area contributed by atoms with Gasteiger partial charge in [-0.05, 0) is 23.6 Å². The zero-order valence-corrected chi connectivity index (χ0v) is 12.7. The molecule has 0 aromatic heterocycles. The van der Waals surface area contributed by atoms with E-state index in [-0.39, 0.29) is 24.8 Å². The Morgan fingerprint density at radius 3 is 2.73 bits per heavy atom. The topological polar surface area (TPSA) is 70.6 Å². The molecule has 0 fully saturated rings. The maximum Gasteiger partial charge on any atom is 0.387 e. The summed E-state index contributed by atoms with van der Waals surface area (Å²) in [4.78, 5) is 11.6. The number of halogens is 2. The molecule has 7 heteroatoms. The zero-order chi connectivity index (χ0) is 16.5. The molecule has 5 nitrogen and oxygen atoms in total. The van der Waals surface area contributed by atoms with Crippen molar-refractivity contribution in [2.45, 2.75) is 39.5 Å². The number of aliphatic hydroxyl groups is 1. The van der Waals surface area contributed by atoms with Crippen LogP contribution in [0, 0.1) is 5.92 Å². The Balaban J connectivity index is 2.38. The molecule has 2 unspecified atom stereocenters. The van der Waals surface area contributed by atoms with Crippen molar-refractivity contribution in [3.63, 3.8) is 0 Å². The highest BCUT2D eigenvalue weighted by molar-refractivity contribution is 5.73. The minimum Gasteiger partial charge on any atom is -0.435 e. The number of carbonyl (C=O) groups excluding carboxylic acids is 1. The summed E-state index contributed by atoms with van der Waals surface area (Å²) in [5.41, 5.74) is 0.635. The summed E-state index contributed by atoms with van der Waals surface area (Å²) in [5.74, 6) is 0.144. The fraction of sp³-hybridized carbons (Fsp3) is 0.533. The molecule has 0 spiro atoms. The lowest BCUT2D eigenvalue weighted by Gasteiger charge is -2.17. The van der Waals surface area contributed by atoms with Gasteiger partial charge in [0.1, 0.15) is 5.75 Å². The van der Waals surface area contributed by atoms with E-state index >= 15 is 0 Å². The maximum absolute atomic E-state index is 12.1. The lowest BCUT2D eigenvalue weighted by Crippen LogP contribution is -2.41. The van der Waals surface area contributed by atoms with Gasteiger partial charge in [0.25, 0.3) is 0 Å². The minimum absolute atomic E-state index is 0.0434. The number of rotatable bonds is 8. The van der Waals surface area contributed by atoms with Gasteiger partial charge >= 0.3 is 12.6 Å². The van der Waals surface area contributed by atoms with Gasteiger partial charge in [0.2, 0.25) is 0 Å². The average molecular weight is 316 g/mol. The third kappa shape index (κ3) is 6.71. The number of ether oxygens (including phenoxy) is 1. The maximum atomic E-state index is 12.1. The molecule has 124 valence electrons. The number of nitrogens with one attached hydrogen (secondary N) is 2. The van der Waals surface area contributed by atoms with Crippen LogP contribution in [0.25, 0.3) is 0 Å². The van der Waals surface area contributed by atoms with E-state index in [4.69, 9.17) is 0 Å². The summed E-state index contributed by atoms with van der Waals surface area (Å²) >= 11 is 0. The molecule has 0 heterocycles.